The van der Waals surface area contributed by atoms with Gasteiger partial charge >= 0.3 is 13.9 Å². The topological polar surface area (TPSA) is 169 Å². The molecule has 1 aromatic heterocycles. The van der Waals surface area contributed by atoms with Gasteiger partial charge in [0.2, 0.25) is 5.91 Å². The molecule has 0 saturated carbocycles. The molecule has 4 N–H and O–H groups in total. The molecular weight excluding hydrogens is 637 g/mol. The minimum absolute atomic E-state index is 0.153. The number of aliphatic hydroxyl groups is 1. The van der Waals surface area contributed by atoms with E-state index in [9.17, 15) is 28.9 Å². The molecule has 13 heteroatoms. The third-order valence-corrected chi connectivity index (χ3v) is 9.04. The van der Waals surface area contributed by atoms with Gasteiger partial charge in [-0.05, 0) is 69.4 Å². The number of H-pyrrole nitrogens is 1. The second-order valence-electron chi connectivity index (χ2n) is 13.0. The van der Waals surface area contributed by atoms with E-state index in [1.165, 1.54) is 36.6 Å². The van der Waals surface area contributed by atoms with Crippen LogP contribution in [0.3, 0.4) is 0 Å². The van der Waals surface area contributed by atoms with Crippen LogP contribution in [-0.4, -0.2) is 63.5 Å². The minimum atomic E-state index is -3.04. The Morgan fingerprint density at radius 2 is 1.92 bits per heavy atom. The second kappa shape index (κ2) is 19.1. The van der Waals surface area contributed by atoms with Crippen LogP contribution in [-0.2, 0) is 23.4 Å². The minimum Gasteiger partial charge on any atom is -0.394 e. The van der Waals surface area contributed by atoms with Crippen molar-refractivity contribution in [1.82, 2.24) is 14.9 Å². The summed E-state index contributed by atoms with van der Waals surface area (Å²) in [5.74, 6) is -0.153. The highest BCUT2D eigenvalue weighted by atomic mass is 31.1. The van der Waals surface area contributed by atoms with Gasteiger partial charge < -0.3 is 19.9 Å². The van der Waals surface area contributed by atoms with E-state index in [1.807, 2.05) is 25.2 Å². The maximum atomic E-state index is 12.4. The number of nitrogens with zero attached hydrogens (tertiary/aromatic N) is 1. The average Bonchev–Trinajstić information content (AvgIpc) is 3.33. The summed E-state index contributed by atoms with van der Waals surface area (Å²) in [6.45, 7) is 11.0. The zero-order valence-corrected chi connectivity index (χ0v) is 29.5. The molecule has 3 unspecified atom stereocenters. The van der Waals surface area contributed by atoms with Gasteiger partial charge in [-0.25, -0.2) is 4.79 Å². The SMILES string of the molecule is CC1=C(/C=C/C(C)=C/C=C/C(C)=C/C(=O)NCCCCCCOC2C(O[P+](=O)O)[C@@H](CO)O[C@H]2n2ccc(=O)[nH]c2=O)C(C)(C)CCC1. The third kappa shape index (κ3) is 12.0. The van der Waals surface area contributed by atoms with E-state index >= 15 is 0 Å². The molecule has 1 aromatic rings. The number of carbonyl (C=O) groups is 1. The fourth-order valence-corrected chi connectivity index (χ4v) is 6.53. The smallest absolute Gasteiger partial charge is 0.394 e. The first-order chi connectivity index (χ1) is 22.8. The van der Waals surface area contributed by atoms with Crippen molar-refractivity contribution in [3.05, 3.63) is 91.8 Å². The molecule has 1 aliphatic heterocycles. The standard InChI is InChI=1S/C35H50N3O9P/c1-24(15-16-27-26(3)14-11-18-35(27,4)5)12-10-13-25(2)22-30(41)36-19-8-6-7-9-21-45-32-31(47-48(43)44)28(23-39)46-33(32)38-20-17-29(40)37-34(38)42/h10,12-13,15-17,20,22,28,31-33,39H,6-9,11,14,18-19,21,23H2,1-5H3,(H2-,36,37,40,41,42,43,44)/p+1/b13-10+,16-15+,24-12+,25-22+/t28-,31?,32?,33-/m1/s1. The number of amides is 1. The lowest BCUT2D eigenvalue weighted by Crippen LogP contribution is -2.40. The first-order valence-corrected chi connectivity index (χ1v) is 17.7. The van der Waals surface area contributed by atoms with E-state index < -0.39 is 50.7 Å². The van der Waals surface area contributed by atoms with Crippen LogP contribution in [0.5, 0.6) is 0 Å². The molecule has 48 heavy (non-hydrogen) atoms. The van der Waals surface area contributed by atoms with Gasteiger partial charge in [-0.15, -0.1) is 9.42 Å². The Hall–Kier alpha value is -3.25. The number of nitrogens with one attached hydrogen (secondary N) is 2. The van der Waals surface area contributed by atoms with Gasteiger partial charge in [0.25, 0.3) is 5.56 Å². The van der Waals surface area contributed by atoms with Crippen LogP contribution in [0.2, 0.25) is 0 Å². The molecular formula is C35H51N3O9P+. The lowest BCUT2D eigenvalue weighted by Gasteiger charge is -2.32. The van der Waals surface area contributed by atoms with E-state index in [0.29, 0.717) is 13.0 Å². The zero-order valence-electron chi connectivity index (χ0n) is 28.6. The molecule has 0 bridgehead atoms. The Morgan fingerprint density at radius 1 is 1.17 bits per heavy atom. The highest BCUT2D eigenvalue weighted by Gasteiger charge is 2.51. The van der Waals surface area contributed by atoms with Gasteiger partial charge in [0.05, 0.1) is 6.61 Å². The number of aromatic nitrogens is 2. The number of aliphatic hydroxyl groups excluding tert-OH is 1. The molecule has 0 radical (unpaired) electrons. The number of carbonyl (C=O) groups excluding carboxylic acids is 1. The van der Waals surface area contributed by atoms with Crippen molar-refractivity contribution in [2.45, 2.75) is 104 Å². The van der Waals surface area contributed by atoms with Crippen molar-refractivity contribution < 1.29 is 33.4 Å². The van der Waals surface area contributed by atoms with Crippen LogP contribution < -0.4 is 16.6 Å². The van der Waals surface area contributed by atoms with Crippen LogP contribution in [0.4, 0.5) is 0 Å². The maximum absolute atomic E-state index is 12.4. The molecule has 3 rings (SSSR count). The van der Waals surface area contributed by atoms with Gasteiger partial charge in [-0.3, -0.25) is 19.1 Å². The third-order valence-electron chi connectivity index (χ3n) is 8.62. The Balaban J connectivity index is 1.40. The van der Waals surface area contributed by atoms with Crippen molar-refractivity contribution in [1.29, 1.82) is 0 Å². The molecule has 2 aliphatic rings. The van der Waals surface area contributed by atoms with Crippen molar-refractivity contribution in [2.24, 2.45) is 5.41 Å². The summed E-state index contributed by atoms with van der Waals surface area (Å²) in [5.41, 5.74) is 3.75. The Morgan fingerprint density at radius 3 is 2.60 bits per heavy atom. The monoisotopic (exact) mass is 688 g/mol. The summed E-state index contributed by atoms with van der Waals surface area (Å²) in [5, 5.41) is 12.6. The highest BCUT2D eigenvalue weighted by Crippen LogP contribution is 2.41. The van der Waals surface area contributed by atoms with Crippen molar-refractivity contribution in [2.75, 3.05) is 19.8 Å². The van der Waals surface area contributed by atoms with Crippen molar-refractivity contribution in [3.63, 3.8) is 0 Å². The molecule has 2 heterocycles. The molecule has 1 amide bonds. The lowest BCUT2D eigenvalue weighted by molar-refractivity contribution is -0.116. The van der Waals surface area contributed by atoms with E-state index in [1.54, 1.807) is 6.08 Å². The highest BCUT2D eigenvalue weighted by molar-refractivity contribution is 7.32. The number of allylic oxidation sites excluding steroid dienone is 9. The van der Waals surface area contributed by atoms with E-state index in [0.717, 1.165) is 41.0 Å². The van der Waals surface area contributed by atoms with E-state index in [-0.39, 0.29) is 17.9 Å². The maximum Gasteiger partial charge on any atom is 0.695 e. The Labute approximate surface area is 283 Å². The number of hydrogen-bond donors (Lipinski definition) is 4. The predicted molar refractivity (Wildman–Crippen MR) is 184 cm³/mol. The first kappa shape index (κ1) is 39.2. The summed E-state index contributed by atoms with van der Waals surface area (Å²) in [6.07, 6.45) is 15.5. The van der Waals surface area contributed by atoms with E-state index in [2.05, 4.69) is 50.1 Å². The summed E-state index contributed by atoms with van der Waals surface area (Å²) >= 11 is 0. The van der Waals surface area contributed by atoms with Crippen LogP contribution in [0.25, 0.3) is 0 Å². The van der Waals surface area contributed by atoms with Gasteiger partial charge in [0.15, 0.2) is 12.3 Å². The van der Waals surface area contributed by atoms with E-state index in [4.69, 9.17) is 14.0 Å². The summed E-state index contributed by atoms with van der Waals surface area (Å²) < 4.78 is 29.3. The van der Waals surface area contributed by atoms with Crippen LogP contribution in [0.15, 0.2) is 80.6 Å². The molecule has 12 nitrogen and oxygen atoms in total. The van der Waals surface area contributed by atoms with Crippen LogP contribution in [0, 0.1) is 5.41 Å². The molecule has 264 valence electrons. The van der Waals surface area contributed by atoms with Gasteiger partial charge in [0, 0.05) is 36.1 Å². The molecule has 1 aliphatic carbocycles. The average molecular weight is 689 g/mol. The first-order valence-electron chi connectivity index (χ1n) is 16.5. The molecule has 1 fully saturated rings. The molecule has 0 spiro atoms. The van der Waals surface area contributed by atoms with Gasteiger partial charge in [0.1, 0.15) is 12.2 Å². The fourth-order valence-electron chi connectivity index (χ4n) is 6.07. The lowest BCUT2D eigenvalue weighted by atomic mass is 9.72. The van der Waals surface area contributed by atoms with Gasteiger partial charge in [-0.2, -0.15) is 0 Å². The summed E-state index contributed by atoms with van der Waals surface area (Å²) in [7, 11) is -3.04. The fraction of sp³-hybridized carbons (Fsp3) is 0.571. The molecule has 1 saturated heterocycles. The second-order valence-corrected chi connectivity index (χ2v) is 13.7. The van der Waals surface area contributed by atoms with Crippen molar-refractivity contribution >= 4 is 14.2 Å². The largest absolute Gasteiger partial charge is 0.695 e. The quantitative estimate of drug-likeness (QED) is 0.0757. The van der Waals surface area contributed by atoms with Crippen LogP contribution >= 0.6 is 8.25 Å². The number of rotatable bonds is 17. The summed E-state index contributed by atoms with van der Waals surface area (Å²) in [4.78, 5) is 47.7. The summed E-state index contributed by atoms with van der Waals surface area (Å²) in [6, 6.07) is 1.14. The normalized spacial score (nSPS) is 23.8. The Kier molecular flexibility index (Phi) is 15.6. The molecule has 0 aromatic carbocycles. The van der Waals surface area contributed by atoms with Gasteiger partial charge in [-0.1, -0.05) is 68.2 Å². The Bertz CT molecular complexity index is 1540. The van der Waals surface area contributed by atoms with Crippen molar-refractivity contribution in [3.8, 4) is 0 Å². The molecule has 5 atom stereocenters. The number of aromatic amines is 1. The zero-order chi connectivity index (χ0) is 35.3. The van der Waals surface area contributed by atoms with Crippen LogP contribution in [0.1, 0.15) is 85.8 Å². The predicted octanol–water partition coefficient (Wildman–Crippen LogP) is 5.05. The number of unbranched alkanes of at least 4 members (excludes halogenated alkanes) is 3. The number of ether oxygens (including phenoxy) is 2. The number of hydrogen-bond acceptors (Lipinski definition) is 8.